The Bertz CT molecular complexity index is 918. The van der Waals surface area contributed by atoms with Crippen molar-refractivity contribution >= 4 is 22.4 Å². The van der Waals surface area contributed by atoms with Gasteiger partial charge in [0.05, 0.1) is 10.4 Å². The molecule has 1 heterocycles. The number of nitrogens with zero attached hydrogens (tertiary/aromatic N) is 2. The Morgan fingerprint density at radius 3 is 2.56 bits per heavy atom. The molecule has 0 spiro atoms. The molecule has 27 heavy (non-hydrogen) atoms. The molecule has 1 aromatic carbocycles. The van der Waals surface area contributed by atoms with Crippen LogP contribution in [-0.4, -0.2) is 24.6 Å². The molecule has 0 atom stereocenters. The van der Waals surface area contributed by atoms with Crippen LogP contribution in [0.1, 0.15) is 56.3 Å². The zero-order chi connectivity index (χ0) is 18.4. The first-order valence-electron chi connectivity index (χ1n) is 9.14. The Morgan fingerprint density at radius 2 is 1.93 bits per heavy atom. The van der Waals surface area contributed by atoms with E-state index >= 15 is 0 Å². The second-order valence-corrected chi connectivity index (χ2v) is 9.20. The quantitative estimate of drug-likeness (QED) is 0.780. The number of halogens is 1. The monoisotopic (exact) mass is 412 g/mol. The zero-order valence-corrected chi connectivity index (χ0v) is 16.9. The van der Waals surface area contributed by atoms with Gasteiger partial charge in [-0.2, -0.15) is 4.98 Å². The van der Waals surface area contributed by atoms with Crippen molar-refractivity contribution in [1.82, 2.24) is 14.9 Å². The number of aromatic nitrogens is 2. The topological polar surface area (TPSA) is 111 Å². The standard InChI is InChI=1S/C18H24N4O3S.ClH/c1-12-7-8-13(16-20-17(21-25-16)18(19)9-4-10-18)11-15(12)26(23,24)22-14-5-2-3-6-14;/h7-8,11,14,22H,2-6,9-10,19H2,1H3;1H. The van der Waals surface area contributed by atoms with Crippen molar-refractivity contribution in [2.24, 2.45) is 5.73 Å². The number of nitrogens with one attached hydrogen (secondary N) is 1. The predicted molar refractivity (Wildman–Crippen MR) is 104 cm³/mol. The van der Waals surface area contributed by atoms with Gasteiger partial charge in [-0.05, 0) is 56.7 Å². The Labute approximate surface area is 165 Å². The highest BCUT2D eigenvalue weighted by atomic mass is 35.5. The normalized spacial score (nSPS) is 19.5. The molecule has 1 aromatic heterocycles. The second kappa shape index (κ2) is 7.50. The van der Waals surface area contributed by atoms with Crippen LogP contribution in [0.2, 0.25) is 0 Å². The smallest absolute Gasteiger partial charge is 0.258 e. The average molecular weight is 413 g/mol. The van der Waals surface area contributed by atoms with Crippen LogP contribution in [0.3, 0.4) is 0 Å². The first-order chi connectivity index (χ1) is 12.4. The third kappa shape index (κ3) is 3.89. The summed E-state index contributed by atoms with van der Waals surface area (Å²) in [6, 6.07) is 5.19. The first-order valence-corrected chi connectivity index (χ1v) is 10.6. The van der Waals surface area contributed by atoms with E-state index < -0.39 is 15.6 Å². The summed E-state index contributed by atoms with van der Waals surface area (Å²) in [6.07, 6.45) is 6.65. The van der Waals surface area contributed by atoms with Gasteiger partial charge in [-0.25, -0.2) is 13.1 Å². The summed E-state index contributed by atoms with van der Waals surface area (Å²) in [5.41, 5.74) is 7.01. The minimum atomic E-state index is -3.58. The van der Waals surface area contributed by atoms with Crippen LogP contribution in [-0.2, 0) is 15.6 Å². The lowest BCUT2D eigenvalue weighted by Crippen LogP contribution is -2.44. The van der Waals surface area contributed by atoms with Crippen molar-refractivity contribution < 1.29 is 12.9 Å². The summed E-state index contributed by atoms with van der Waals surface area (Å²) in [5, 5.41) is 4.01. The van der Waals surface area contributed by atoms with E-state index in [2.05, 4.69) is 14.9 Å². The number of hydrogen-bond donors (Lipinski definition) is 2. The zero-order valence-electron chi connectivity index (χ0n) is 15.3. The molecule has 0 saturated heterocycles. The van der Waals surface area contributed by atoms with Crippen LogP contribution in [0, 0.1) is 6.92 Å². The number of hydrogen-bond acceptors (Lipinski definition) is 6. The molecular weight excluding hydrogens is 388 g/mol. The Kier molecular flexibility index (Phi) is 5.63. The summed E-state index contributed by atoms with van der Waals surface area (Å²) in [6.45, 7) is 1.79. The largest absolute Gasteiger partial charge is 0.334 e. The van der Waals surface area contributed by atoms with Gasteiger partial charge in [0.2, 0.25) is 10.0 Å². The van der Waals surface area contributed by atoms with Gasteiger partial charge in [0.15, 0.2) is 5.82 Å². The van der Waals surface area contributed by atoms with Crippen molar-refractivity contribution in [2.45, 2.75) is 68.3 Å². The van der Waals surface area contributed by atoms with Gasteiger partial charge in [-0.1, -0.05) is 24.1 Å². The van der Waals surface area contributed by atoms with Crippen LogP contribution >= 0.6 is 12.4 Å². The van der Waals surface area contributed by atoms with E-state index in [0.29, 0.717) is 22.8 Å². The fraction of sp³-hybridized carbons (Fsp3) is 0.556. The van der Waals surface area contributed by atoms with Gasteiger partial charge < -0.3 is 10.3 Å². The van der Waals surface area contributed by atoms with Crippen LogP contribution < -0.4 is 10.5 Å². The van der Waals surface area contributed by atoms with Gasteiger partial charge in [-0.15, -0.1) is 12.4 Å². The van der Waals surface area contributed by atoms with Crippen LogP contribution in [0.5, 0.6) is 0 Å². The number of sulfonamides is 1. The SMILES string of the molecule is Cc1ccc(-c2nc(C3(N)CCC3)no2)cc1S(=O)(=O)NC1CCCC1.Cl. The molecule has 2 aliphatic rings. The molecule has 148 valence electrons. The maximum Gasteiger partial charge on any atom is 0.258 e. The van der Waals surface area contributed by atoms with Crippen LogP contribution in [0.25, 0.3) is 11.5 Å². The fourth-order valence-corrected chi connectivity index (χ4v) is 5.25. The maximum atomic E-state index is 12.8. The molecule has 3 N–H and O–H groups in total. The first kappa shape index (κ1) is 20.3. The second-order valence-electron chi connectivity index (χ2n) is 7.52. The summed E-state index contributed by atoms with van der Waals surface area (Å²) in [5.74, 6) is 0.793. The van der Waals surface area contributed by atoms with Gasteiger partial charge in [0.1, 0.15) is 0 Å². The lowest BCUT2D eigenvalue weighted by Gasteiger charge is -2.34. The Balaban J connectivity index is 0.00000210. The van der Waals surface area contributed by atoms with E-state index in [9.17, 15) is 8.42 Å². The highest BCUT2D eigenvalue weighted by molar-refractivity contribution is 7.89. The molecule has 0 unspecified atom stereocenters. The van der Waals surface area contributed by atoms with Gasteiger partial charge >= 0.3 is 0 Å². The molecule has 0 aliphatic heterocycles. The molecule has 7 nitrogen and oxygen atoms in total. The van der Waals surface area contributed by atoms with Gasteiger partial charge in [-0.3, -0.25) is 0 Å². The van der Waals surface area contributed by atoms with Crippen LogP contribution in [0.4, 0.5) is 0 Å². The van der Waals surface area contributed by atoms with E-state index in [4.69, 9.17) is 10.3 Å². The minimum Gasteiger partial charge on any atom is -0.334 e. The third-order valence-electron chi connectivity index (χ3n) is 5.52. The summed E-state index contributed by atoms with van der Waals surface area (Å²) in [4.78, 5) is 4.67. The molecule has 9 heteroatoms. The molecule has 4 rings (SSSR count). The summed E-state index contributed by atoms with van der Waals surface area (Å²) < 4.78 is 33.8. The molecular formula is C18H25ClN4O3S. The Hall–Kier alpha value is -1.48. The van der Waals surface area contributed by atoms with E-state index in [1.54, 1.807) is 25.1 Å². The highest BCUT2D eigenvalue weighted by Gasteiger charge is 2.39. The van der Waals surface area contributed by atoms with Gasteiger partial charge in [0, 0.05) is 11.6 Å². The fourth-order valence-electron chi connectivity index (χ4n) is 3.67. The van der Waals surface area contributed by atoms with E-state index in [1.807, 2.05) is 0 Å². The highest BCUT2D eigenvalue weighted by Crippen LogP contribution is 2.38. The lowest BCUT2D eigenvalue weighted by atomic mass is 9.77. The number of rotatable bonds is 5. The van der Waals surface area contributed by atoms with E-state index in [-0.39, 0.29) is 23.3 Å². The van der Waals surface area contributed by atoms with Crippen molar-refractivity contribution in [3.8, 4) is 11.5 Å². The third-order valence-corrected chi connectivity index (χ3v) is 7.18. The molecule has 2 fully saturated rings. The average Bonchev–Trinajstić information content (AvgIpc) is 3.24. The van der Waals surface area contributed by atoms with Crippen molar-refractivity contribution in [3.05, 3.63) is 29.6 Å². The molecule has 2 aliphatic carbocycles. The van der Waals surface area contributed by atoms with Crippen molar-refractivity contribution in [3.63, 3.8) is 0 Å². The molecule has 0 radical (unpaired) electrons. The minimum absolute atomic E-state index is 0. The maximum absolute atomic E-state index is 12.8. The number of nitrogens with two attached hydrogens (primary N) is 1. The Morgan fingerprint density at radius 1 is 1.22 bits per heavy atom. The van der Waals surface area contributed by atoms with Crippen molar-refractivity contribution in [1.29, 1.82) is 0 Å². The predicted octanol–water partition coefficient (Wildman–Crippen LogP) is 3.03. The lowest BCUT2D eigenvalue weighted by molar-refractivity contribution is 0.229. The molecule has 2 aromatic rings. The molecule has 0 bridgehead atoms. The van der Waals surface area contributed by atoms with E-state index in [1.165, 1.54) is 0 Å². The molecule has 2 saturated carbocycles. The van der Waals surface area contributed by atoms with Gasteiger partial charge in [0.25, 0.3) is 5.89 Å². The number of benzene rings is 1. The van der Waals surface area contributed by atoms with Crippen LogP contribution in [0.15, 0.2) is 27.6 Å². The summed E-state index contributed by atoms with van der Waals surface area (Å²) in [7, 11) is -3.58. The number of aryl methyl sites for hydroxylation is 1. The molecule has 0 amide bonds. The van der Waals surface area contributed by atoms with E-state index in [0.717, 1.165) is 44.9 Å². The van der Waals surface area contributed by atoms with Crippen molar-refractivity contribution in [2.75, 3.05) is 0 Å². The summed E-state index contributed by atoms with van der Waals surface area (Å²) >= 11 is 0.